The van der Waals surface area contributed by atoms with Gasteiger partial charge in [0.25, 0.3) is 0 Å². The van der Waals surface area contributed by atoms with Crippen molar-refractivity contribution in [2.24, 2.45) is 5.73 Å². The third-order valence-corrected chi connectivity index (χ3v) is 3.36. The van der Waals surface area contributed by atoms with Crippen molar-refractivity contribution < 1.29 is 0 Å². The zero-order valence-corrected chi connectivity index (χ0v) is 12.1. The quantitative estimate of drug-likeness (QED) is 0.588. The van der Waals surface area contributed by atoms with Crippen LogP contribution in [-0.2, 0) is 6.54 Å². The van der Waals surface area contributed by atoms with Crippen LogP contribution in [0, 0.1) is 0 Å². The number of fused-ring (bicyclic) bond motifs is 1. The van der Waals surface area contributed by atoms with Crippen LogP contribution in [0.5, 0.6) is 0 Å². The summed E-state index contributed by atoms with van der Waals surface area (Å²) in [6.07, 6.45) is 2.46. The van der Waals surface area contributed by atoms with Crippen LogP contribution in [0.25, 0.3) is 11.2 Å². The predicted octanol–water partition coefficient (Wildman–Crippen LogP) is 0.929. The maximum Gasteiger partial charge on any atom is 0.328 e. The number of rotatable bonds is 6. The van der Waals surface area contributed by atoms with Gasteiger partial charge in [0.15, 0.2) is 5.65 Å². The highest BCUT2D eigenvalue weighted by atomic mass is 16.1. The minimum absolute atomic E-state index is 0.188. The highest BCUT2D eigenvalue weighted by molar-refractivity contribution is 5.70. The van der Waals surface area contributed by atoms with Gasteiger partial charge in [0.1, 0.15) is 5.52 Å². The lowest BCUT2D eigenvalue weighted by Gasteiger charge is -2.05. The van der Waals surface area contributed by atoms with Crippen LogP contribution in [0.3, 0.4) is 0 Å². The molecule has 0 spiro atoms. The number of imidazole rings is 1. The van der Waals surface area contributed by atoms with Crippen molar-refractivity contribution in [2.45, 2.75) is 13.0 Å². The van der Waals surface area contributed by atoms with Crippen molar-refractivity contribution in [2.75, 3.05) is 18.4 Å². The van der Waals surface area contributed by atoms with Crippen LogP contribution < -0.4 is 16.7 Å². The van der Waals surface area contributed by atoms with E-state index in [2.05, 4.69) is 20.3 Å². The molecule has 7 nitrogen and oxygen atoms in total. The molecule has 3 rings (SSSR count). The molecule has 0 saturated heterocycles. The molecule has 0 fully saturated rings. The van der Waals surface area contributed by atoms with Crippen LogP contribution in [0.4, 0.5) is 5.95 Å². The first kappa shape index (κ1) is 14.3. The zero-order chi connectivity index (χ0) is 15.4. The molecular formula is C15H18N6O. The summed E-state index contributed by atoms with van der Waals surface area (Å²) in [5.41, 5.74) is 7.55. The molecule has 4 N–H and O–H groups in total. The number of aromatic nitrogens is 4. The van der Waals surface area contributed by atoms with Gasteiger partial charge < -0.3 is 16.0 Å². The number of nitrogens with two attached hydrogens (primary N) is 1. The molecule has 0 unspecified atom stereocenters. The van der Waals surface area contributed by atoms with Crippen molar-refractivity contribution in [1.29, 1.82) is 0 Å². The molecule has 22 heavy (non-hydrogen) atoms. The Hall–Kier alpha value is -2.67. The molecule has 0 aliphatic heterocycles. The molecule has 0 atom stereocenters. The van der Waals surface area contributed by atoms with Crippen LogP contribution in [-0.4, -0.2) is 32.6 Å². The van der Waals surface area contributed by atoms with E-state index in [1.165, 1.54) is 0 Å². The number of benzene rings is 1. The van der Waals surface area contributed by atoms with E-state index in [4.69, 9.17) is 5.73 Å². The highest BCUT2D eigenvalue weighted by Crippen LogP contribution is 2.11. The van der Waals surface area contributed by atoms with Crippen molar-refractivity contribution in [1.82, 2.24) is 19.5 Å². The Bertz CT molecular complexity index is 808. The SMILES string of the molecule is NCCCNc1ncc2[nH]c(=O)n(Cc3ccccc3)c2n1. The predicted molar refractivity (Wildman–Crippen MR) is 85.9 cm³/mol. The minimum atomic E-state index is -0.188. The van der Waals surface area contributed by atoms with E-state index in [1.807, 2.05) is 30.3 Å². The summed E-state index contributed by atoms with van der Waals surface area (Å²) in [4.78, 5) is 23.5. The largest absolute Gasteiger partial charge is 0.354 e. The van der Waals surface area contributed by atoms with Crippen LogP contribution >= 0.6 is 0 Å². The Morgan fingerprint density at radius 1 is 1.27 bits per heavy atom. The Labute approximate surface area is 127 Å². The van der Waals surface area contributed by atoms with E-state index in [9.17, 15) is 4.79 Å². The van der Waals surface area contributed by atoms with Crippen molar-refractivity contribution >= 4 is 17.1 Å². The monoisotopic (exact) mass is 298 g/mol. The Kier molecular flexibility index (Phi) is 4.15. The number of aromatic amines is 1. The van der Waals surface area contributed by atoms with Gasteiger partial charge in [-0.3, -0.25) is 4.57 Å². The molecule has 0 aliphatic rings. The van der Waals surface area contributed by atoms with E-state index in [0.29, 0.717) is 36.7 Å². The number of anilines is 1. The summed E-state index contributed by atoms with van der Waals surface area (Å²) in [6.45, 7) is 1.78. The molecular weight excluding hydrogens is 280 g/mol. The lowest BCUT2D eigenvalue weighted by molar-refractivity contribution is 0.777. The average molecular weight is 298 g/mol. The molecule has 1 aromatic carbocycles. The highest BCUT2D eigenvalue weighted by Gasteiger charge is 2.10. The standard InChI is InChI=1S/C15H18N6O/c16-7-4-8-17-14-18-9-12-13(20-14)21(15(22)19-12)10-11-5-2-1-3-6-11/h1-3,5-6,9H,4,7-8,10,16H2,(H,19,22)(H,17,18,20). The fraction of sp³-hybridized carbons (Fsp3) is 0.267. The van der Waals surface area contributed by atoms with Gasteiger partial charge in [0.2, 0.25) is 5.95 Å². The van der Waals surface area contributed by atoms with Gasteiger partial charge in [-0.2, -0.15) is 4.98 Å². The Balaban J connectivity index is 1.93. The van der Waals surface area contributed by atoms with Crippen molar-refractivity contribution in [3.63, 3.8) is 0 Å². The summed E-state index contributed by atoms with van der Waals surface area (Å²) < 4.78 is 1.61. The van der Waals surface area contributed by atoms with E-state index in [0.717, 1.165) is 12.0 Å². The first-order chi connectivity index (χ1) is 10.8. The lowest BCUT2D eigenvalue weighted by Crippen LogP contribution is -2.18. The van der Waals surface area contributed by atoms with Gasteiger partial charge in [-0.15, -0.1) is 0 Å². The number of H-pyrrole nitrogens is 1. The van der Waals surface area contributed by atoms with E-state index < -0.39 is 0 Å². The van der Waals surface area contributed by atoms with E-state index in [-0.39, 0.29) is 5.69 Å². The van der Waals surface area contributed by atoms with Crippen LogP contribution in [0.15, 0.2) is 41.3 Å². The molecule has 3 aromatic rings. The zero-order valence-electron chi connectivity index (χ0n) is 12.1. The fourth-order valence-electron chi connectivity index (χ4n) is 2.25. The maximum absolute atomic E-state index is 12.1. The molecule has 0 saturated carbocycles. The summed E-state index contributed by atoms with van der Waals surface area (Å²) in [5, 5.41) is 3.11. The van der Waals surface area contributed by atoms with E-state index in [1.54, 1.807) is 10.8 Å². The summed E-state index contributed by atoms with van der Waals surface area (Å²) in [7, 11) is 0. The first-order valence-electron chi connectivity index (χ1n) is 7.21. The van der Waals surface area contributed by atoms with Crippen LogP contribution in [0.2, 0.25) is 0 Å². The third-order valence-electron chi connectivity index (χ3n) is 3.36. The van der Waals surface area contributed by atoms with Crippen LogP contribution in [0.1, 0.15) is 12.0 Å². The van der Waals surface area contributed by atoms with Gasteiger partial charge in [-0.1, -0.05) is 30.3 Å². The number of nitrogens with zero attached hydrogens (tertiary/aromatic N) is 3. The van der Waals surface area contributed by atoms with Gasteiger partial charge in [0, 0.05) is 6.54 Å². The van der Waals surface area contributed by atoms with Crippen molar-refractivity contribution in [3.8, 4) is 0 Å². The second-order valence-electron chi connectivity index (χ2n) is 5.00. The average Bonchev–Trinajstić information content (AvgIpc) is 2.84. The smallest absolute Gasteiger partial charge is 0.328 e. The third kappa shape index (κ3) is 2.99. The lowest BCUT2D eigenvalue weighted by atomic mass is 10.2. The maximum atomic E-state index is 12.1. The first-order valence-corrected chi connectivity index (χ1v) is 7.21. The number of hydrogen-bond acceptors (Lipinski definition) is 5. The normalized spacial score (nSPS) is 11.0. The molecule has 2 heterocycles. The Morgan fingerprint density at radius 2 is 2.09 bits per heavy atom. The molecule has 114 valence electrons. The van der Waals surface area contributed by atoms with Gasteiger partial charge in [-0.25, -0.2) is 9.78 Å². The van der Waals surface area contributed by atoms with Gasteiger partial charge in [0.05, 0.1) is 12.7 Å². The summed E-state index contributed by atoms with van der Waals surface area (Å²) >= 11 is 0. The Morgan fingerprint density at radius 3 is 2.86 bits per heavy atom. The van der Waals surface area contributed by atoms with Gasteiger partial charge in [-0.05, 0) is 18.5 Å². The summed E-state index contributed by atoms with van der Waals surface area (Å²) in [5.74, 6) is 0.502. The molecule has 7 heteroatoms. The summed E-state index contributed by atoms with van der Waals surface area (Å²) in [6, 6.07) is 9.80. The van der Waals surface area contributed by atoms with Gasteiger partial charge >= 0.3 is 5.69 Å². The molecule has 0 bridgehead atoms. The minimum Gasteiger partial charge on any atom is -0.354 e. The molecule has 2 aromatic heterocycles. The fourth-order valence-corrected chi connectivity index (χ4v) is 2.25. The van der Waals surface area contributed by atoms with Crippen molar-refractivity contribution in [3.05, 3.63) is 52.6 Å². The second-order valence-corrected chi connectivity index (χ2v) is 5.00. The molecule has 0 amide bonds. The topological polar surface area (TPSA) is 102 Å². The molecule has 0 aliphatic carbocycles. The number of hydrogen-bond donors (Lipinski definition) is 3. The molecule has 0 radical (unpaired) electrons. The number of nitrogens with one attached hydrogen (secondary N) is 2. The second kappa shape index (κ2) is 6.40. The van der Waals surface area contributed by atoms with E-state index >= 15 is 0 Å².